The van der Waals surface area contributed by atoms with Gasteiger partial charge in [0.25, 0.3) is 0 Å². The summed E-state index contributed by atoms with van der Waals surface area (Å²) in [6.45, 7) is 8.73. The summed E-state index contributed by atoms with van der Waals surface area (Å²) in [6, 6.07) is 14.2. The highest BCUT2D eigenvalue weighted by Crippen LogP contribution is 2.26. The van der Waals surface area contributed by atoms with E-state index in [-0.39, 0.29) is 11.8 Å². The molecule has 2 saturated heterocycles. The van der Waals surface area contributed by atoms with Crippen molar-refractivity contribution in [3.8, 4) is 0 Å². The van der Waals surface area contributed by atoms with Gasteiger partial charge >= 0.3 is 5.97 Å². The molecule has 2 amide bonds. The van der Waals surface area contributed by atoms with Crippen LogP contribution < -0.4 is 16.0 Å². The maximum atomic E-state index is 13.0. The van der Waals surface area contributed by atoms with Gasteiger partial charge in [0.05, 0.1) is 24.9 Å². The zero-order valence-corrected chi connectivity index (χ0v) is 23.2. The first-order valence-corrected chi connectivity index (χ1v) is 13.7. The molecule has 4 N–H and O–H groups in total. The second kappa shape index (κ2) is 11.4. The fraction of sp³-hybridized carbons (Fsp3) is 0.433. The second-order valence-corrected chi connectivity index (χ2v) is 11.5. The van der Waals surface area contributed by atoms with Gasteiger partial charge in [0.2, 0.25) is 11.8 Å². The van der Waals surface area contributed by atoms with Gasteiger partial charge < -0.3 is 30.4 Å². The predicted octanol–water partition coefficient (Wildman–Crippen LogP) is 3.07. The lowest BCUT2D eigenvalue weighted by atomic mass is 10.0. The number of rotatable bonds is 7. The molecule has 3 aromatic rings. The number of aromatic amines is 1. The average molecular weight is 548 g/mol. The van der Waals surface area contributed by atoms with Crippen molar-refractivity contribution in [3.63, 3.8) is 0 Å². The number of nitrogens with one attached hydrogen (secondary N) is 2. The Hall–Kier alpha value is -3.73. The molecule has 2 aromatic carbocycles. The molecule has 10 heteroatoms. The highest BCUT2D eigenvalue weighted by Gasteiger charge is 2.31. The molecule has 0 spiro atoms. The molecule has 40 heavy (non-hydrogen) atoms. The fourth-order valence-corrected chi connectivity index (χ4v) is 5.18. The lowest BCUT2D eigenvalue weighted by Gasteiger charge is -2.37. The minimum Gasteiger partial charge on any atom is -0.455 e. The van der Waals surface area contributed by atoms with Gasteiger partial charge in [0, 0.05) is 42.3 Å². The van der Waals surface area contributed by atoms with E-state index in [1.807, 2.05) is 56.0 Å². The first-order chi connectivity index (χ1) is 19.1. The standard InChI is InChI=1S/C30H37N5O5/c1-30(2,3)40-29(38)26-16-22-24(32-26)5-4-6-25(22)33-28(37)23(31)15-19-7-9-20(10-8-19)35-13-12-34(17-27(35)36)21-11-14-39-18-21/h4-10,16,21,23,32H,11-15,17-18,31H2,1-3H3,(H,33,37). The third kappa shape index (κ3) is 6.35. The molecule has 2 fully saturated rings. The molecular weight excluding hydrogens is 510 g/mol. The highest BCUT2D eigenvalue weighted by molar-refractivity contribution is 6.05. The average Bonchev–Trinajstić information content (AvgIpc) is 3.59. The van der Waals surface area contributed by atoms with Gasteiger partial charge in [-0.15, -0.1) is 0 Å². The molecule has 0 saturated carbocycles. The number of benzene rings is 2. The summed E-state index contributed by atoms with van der Waals surface area (Å²) in [6.07, 6.45) is 1.31. The van der Waals surface area contributed by atoms with Gasteiger partial charge in [-0.05, 0) is 69.5 Å². The van der Waals surface area contributed by atoms with Crippen molar-refractivity contribution < 1.29 is 23.9 Å². The van der Waals surface area contributed by atoms with Crippen molar-refractivity contribution in [1.29, 1.82) is 0 Å². The Labute approximate surface area is 233 Å². The quantitative estimate of drug-likeness (QED) is 0.388. The lowest BCUT2D eigenvalue weighted by molar-refractivity contribution is -0.122. The summed E-state index contributed by atoms with van der Waals surface area (Å²) in [4.78, 5) is 45.4. The van der Waals surface area contributed by atoms with Gasteiger partial charge in [0.15, 0.2) is 0 Å². The van der Waals surface area contributed by atoms with Crippen LogP contribution in [0.3, 0.4) is 0 Å². The molecule has 3 heterocycles. The van der Waals surface area contributed by atoms with Crippen molar-refractivity contribution >= 4 is 40.1 Å². The Morgan fingerprint density at radius 3 is 2.62 bits per heavy atom. The maximum absolute atomic E-state index is 13.0. The van der Waals surface area contributed by atoms with Crippen LogP contribution in [0.1, 0.15) is 43.2 Å². The summed E-state index contributed by atoms with van der Waals surface area (Å²) >= 11 is 0. The zero-order chi connectivity index (χ0) is 28.4. The molecule has 1 aromatic heterocycles. The predicted molar refractivity (Wildman–Crippen MR) is 153 cm³/mol. The number of H-pyrrole nitrogens is 1. The van der Waals surface area contributed by atoms with E-state index in [2.05, 4.69) is 15.2 Å². The van der Waals surface area contributed by atoms with Crippen molar-refractivity contribution in [2.24, 2.45) is 5.73 Å². The van der Waals surface area contributed by atoms with Crippen LogP contribution in [0.2, 0.25) is 0 Å². The van der Waals surface area contributed by atoms with Gasteiger partial charge in [-0.2, -0.15) is 0 Å². The largest absolute Gasteiger partial charge is 0.455 e. The lowest BCUT2D eigenvalue weighted by Crippen LogP contribution is -2.53. The van der Waals surface area contributed by atoms with E-state index in [0.717, 1.165) is 30.8 Å². The zero-order valence-electron chi connectivity index (χ0n) is 23.2. The third-order valence-electron chi connectivity index (χ3n) is 7.25. The molecule has 10 nitrogen and oxygen atoms in total. The molecule has 0 bridgehead atoms. The van der Waals surface area contributed by atoms with Crippen molar-refractivity contribution in [2.45, 2.75) is 51.3 Å². The number of nitrogens with zero attached hydrogens (tertiary/aromatic N) is 2. The van der Waals surface area contributed by atoms with Crippen LogP contribution in [0.15, 0.2) is 48.5 Å². The number of aromatic nitrogens is 1. The van der Waals surface area contributed by atoms with E-state index in [0.29, 0.717) is 54.4 Å². The smallest absolute Gasteiger partial charge is 0.355 e. The number of ether oxygens (including phenoxy) is 2. The summed E-state index contributed by atoms with van der Waals surface area (Å²) in [5.41, 5.74) is 8.95. The van der Waals surface area contributed by atoms with Crippen LogP contribution in [0, 0.1) is 0 Å². The number of nitrogens with two attached hydrogens (primary N) is 1. The van der Waals surface area contributed by atoms with Crippen molar-refractivity contribution in [1.82, 2.24) is 9.88 Å². The van der Waals surface area contributed by atoms with Gasteiger partial charge in [0.1, 0.15) is 11.3 Å². The monoisotopic (exact) mass is 547 g/mol. The number of piperazine rings is 1. The minimum absolute atomic E-state index is 0.0794. The van der Waals surface area contributed by atoms with E-state index in [1.54, 1.807) is 18.2 Å². The van der Waals surface area contributed by atoms with E-state index in [1.165, 1.54) is 0 Å². The minimum atomic E-state index is -0.788. The SMILES string of the molecule is CC(C)(C)OC(=O)c1cc2c(NC(=O)C(N)Cc3ccc(N4CCN(C5CCOC5)CC4=O)cc3)cccc2[nH]1. The van der Waals surface area contributed by atoms with Crippen LogP contribution in [0.25, 0.3) is 10.9 Å². The number of amides is 2. The van der Waals surface area contributed by atoms with Crippen LogP contribution in [-0.4, -0.2) is 78.2 Å². The number of carbonyl (C=O) groups is 3. The number of esters is 1. The molecule has 0 radical (unpaired) electrons. The Morgan fingerprint density at radius 1 is 1.18 bits per heavy atom. The number of carbonyl (C=O) groups excluding carboxylic acids is 3. The molecule has 0 aliphatic carbocycles. The number of fused-ring (bicyclic) bond motifs is 1. The van der Waals surface area contributed by atoms with E-state index >= 15 is 0 Å². The van der Waals surface area contributed by atoms with E-state index in [4.69, 9.17) is 15.2 Å². The molecule has 2 aliphatic rings. The van der Waals surface area contributed by atoms with Gasteiger partial charge in [-0.1, -0.05) is 18.2 Å². The van der Waals surface area contributed by atoms with Crippen molar-refractivity contribution in [2.75, 3.05) is 43.1 Å². The topological polar surface area (TPSA) is 130 Å². The normalized spacial score (nSPS) is 19.1. The number of hydrogen-bond acceptors (Lipinski definition) is 7. The molecule has 2 aliphatic heterocycles. The highest BCUT2D eigenvalue weighted by atomic mass is 16.6. The maximum Gasteiger partial charge on any atom is 0.355 e. The first-order valence-electron chi connectivity index (χ1n) is 13.7. The Bertz CT molecular complexity index is 1390. The Balaban J connectivity index is 1.19. The van der Waals surface area contributed by atoms with E-state index in [9.17, 15) is 14.4 Å². The third-order valence-corrected chi connectivity index (χ3v) is 7.25. The molecule has 2 unspecified atom stereocenters. The second-order valence-electron chi connectivity index (χ2n) is 11.5. The molecule has 5 rings (SSSR count). The summed E-state index contributed by atoms with van der Waals surface area (Å²) in [5, 5.41) is 3.59. The fourth-order valence-electron chi connectivity index (χ4n) is 5.18. The van der Waals surface area contributed by atoms with Gasteiger partial charge in [-0.25, -0.2) is 4.79 Å². The van der Waals surface area contributed by atoms with Crippen LogP contribution in [0.4, 0.5) is 11.4 Å². The first kappa shape index (κ1) is 27.8. The number of hydrogen-bond donors (Lipinski definition) is 3. The molecule has 2 atom stereocenters. The van der Waals surface area contributed by atoms with Crippen LogP contribution in [0.5, 0.6) is 0 Å². The summed E-state index contributed by atoms with van der Waals surface area (Å²) in [5.74, 6) is -0.720. The summed E-state index contributed by atoms with van der Waals surface area (Å²) in [7, 11) is 0. The molecule has 212 valence electrons. The Morgan fingerprint density at radius 2 is 1.95 bits per heavy atom. The number of anilines is 2. The Kier molecular flexibility index (Phi) is 7.93. The van der Waals surface area contributed by atoms with Crippen molar-refractivity contribution in [3.05, 3.63) is 59.8 Å². The summed E-state index contributed by atoms with van der Waals surface area (Å²) < 4.78 is 10.9. The van der Waals surface area contributed by atoms with Crippen LogP contribution in [-0.2, 0) is 25.5 Å². The van der Waals surface area contributed by atoms with Gasteiger partial charge in [-0.3, -0.25) is 14.5 Å². The van der Waals surface area contributed by atoms with E-state index < -0.39 is 17.6 Å². The molecular formula is C30H37N5O5. The van der Waals surface area contributed by atoms with Crippen LogP contribution >= 0.6 is 0 Å².